The van der Waals surface area contributed by atoms with Gasteiger partial charge < -0.3 is 0 Å². The van der Waals surface area contributed by atoms with E-state index in [1.807, 2.05) is 19.2 Å². The van der Waals surface area contributed by atoms with Crippen molar-refractivity contribution in [2.24, 2.45) is 5.92 Å². The summed E-state index contributed by atoms with van der Waals surface area (Å²) in [6.07, 6.45) is 2.51. The second-order valence-corrected chi connectivity index (χ2v) is 5.38. The number of benzene rings is 1. The number of carbonyl (C=O) groups excluding carboxylic acids is 1. The number of hydrogen-bond acceptors (Lipinski definition) is 3. The van der Waals surface area contributed by atoms with E-state index in [-0.39, 0.29) is 5.92 Å². The average molecular weight is 254 g/mol. The zero-order chi connectivity index (χ0) is 13.2. The van der Waals surface area contributed by atoms with Gasteiger partial charge in [0.1, 0.15) is 5.78 Å². The van der Waals surface area contributed by atoms with Crippen LogP contribution in [0.4, 0.5) is 0 Å². The molecule has 1 aromatic heterocycles. The number of fused-ring (bicyclic) bond motifs is 1. The van der Waals surface area contributed by atoms with E-state index in [1.54, 1.807) is 0 Å². The van der Waals surface area contributed by atoms with Crippen molar-refractivity contribution in [3.8, 4) is 0 Å². The molecule has 1 fully saturated rings. The maximum Gasteiger partial charge on any atom is 0.138 e. The van der Waals surface area contributed by atoms with Crippen LogP contribution >= 0.6 is 0 Å². The molecule has 98 valence electrons. The first kappa shape index (κ1) is 12.3. The number of nitrogens with zero attached hydrogens (tertiary/aromatic N) is 2. The van der Waals surface area contributed by atoms with Gasteiger partial charge in [0, 0.05) is 43.6 Å². The Morgan fingerprint density at radius 3 is 3.11 bits per heavy atom. The quantitative estimate of drug-likeness (QED) is 0.826. The zero-order valence-electron chi connectivity index (χ0n) is 11.2. The second-order valence-electron chi connectivity index (χ2n) is 5.38. The fourth-order valence-corrected chi connectivity index (χ4v) is 2.72. The molecule has 1 saturated heterocycles. The van der Waals surface area contributed by atoms with Gasteiger partial charge in [0.15, 0.2) is 0 Å². The van der Waals surface area contributed by atoms with E-state index in [0.717, 1.165) is 25.2 Å². The van der Waals surface area contributed by atoms with Crippen LogP contribution < -0.4 is 0 Å². The number of piperidine rings is 1. The Balaban J connectivity index is 1.76. The number of hydrogen-bond donors (Lipinski definition) is 0. The van der Waals surface area contributed by atoms with Crippen LogP contribution in [0.25, 0.3) is 10.9 Å². The molecular formula is C16H18N2O. The number of ketones is 1. The van der Waals surface area contributed by atoms with Crippen LogP contribution in [0.15, 0.2) is 36.5 Å². The maximum atomic E-state index is 11.5. The van der Waals surface area contributed by atoms with Gasteiger partial charge in [0.05, 0.1) is 5.52 Å². The summed E-state index contributed by atoms with van der Waals surface area (Å²) in [6, 6.07) is 10.5. The summed E-state index contributed by atoms with van der Waals surface area (Å²) in [5.74, 6) is 0.579. The molecule has 2 heterocycles. The summed E-state index contributed by atoms with van der Waals surface area (Å²) in [4.78, 5) is 18.2. The highest BCUT2D eigenvalue weighted by atomic mass is 16.1. The lowest BCUT2D eigenvalue weighted by Gasteiger charge is -2.29. The number of rotatable bonds is 2. The summed E-state index contributed by atoms with van der Waals surface area (Å²) in [5, 5.41) is 1.18. The lowest BCUT2D eigenvalue weighted by atomic mass is 9.98. The van der Waals surface area contributed by atoms with Crippen molar-refractivity contribution in [3.63, 3.8) is 0 Å². The normalized spacial score (nSPS) is 20.9. The minimum Gasteiger partial charge on any atom is -0.299 e. The smallest absolute Gasteiger partial charge is 0.138 e. The van der Waals surface area contributed by atoms with Crippen molar-refractivity contribution in [3.05, 3.63) is 42.1 Å². The van der Waals surface area contributed by atoms with Crippen molar-refractivity contribution < 1.29 is 4.79 Å². The van der Waals surface area contributed by atoms with E-state index in [4.69, 9.17) is 0 Å². The van der Waals surface area contributed by atoms with Crippen molar-refractivity contribution >= 4 is 16.7 Å². The van der Waals surface area contributed by atoms with Crippen LogP contribution in [-0.4, -0.2) is 28.8 Å². The highest BCUT2D eigenvalue weighted by Crippen LogP contribution is 2.18. The highest BCUT2D eigenvalue weighted by Gasteiger charge is 2.23. The monoisotopic (exact) mass is 254 g/mol. The van der Waals surface area contributed by atoms with Crippen LogP contribution in [0.2, 0.25) is 0 Å². The standard InChI is InChI=1S/C16H18N2O/c1-12-10-18(8-6-16(12)19)11-13-4-5-15-14(9-13)3-2-7-17-15/h2-5,7,9,12H,6,8,10-11H2,1H3. The molecule has 0 N–H and O–H groups in total. The SMILES string of the molecule is CC1CN(Cc2ccc3ncccc3c2)CCC1=O. The van der Waals surface area contributed by atoms with Crippen molar-refractivity contribution in [1.29, 1.82) is 0 Å². The predicted octanol–water partition coefficient (Wildman–Crippen LogP) is 2.65. The van der Waals surface area contributed by atoms with Gasteiger partial charge in [-0.1, -0.05) is 19.1 Å². The van der Waals surface area contributed by atoms with Crippen molar-refractivity contribution in [1.82, 2.24) is 9.88 Å². The third-order valence-corrected chi connectivity index (χ3v) is 3.83. The lowest BCUT2D eigenvalue weighted by Crippen LogP contribution is -2.38. The van der Waals surface area contributed by atoms with Crippen molar-refractivity contribution in [2.75, 3.05) is 13.1 Å². The first-order chi connectivity index (χ1) is 9.22. The van der Waals surface area contributed by atoms with Crippen LogP contribution in [0.5, 0.6) is 0 Å². The summed E-state index contributed by atoms with van der Waals surface area (Å²) in [6.45, 7) is 4.71. The first-order valence-electron chi connectivity index (χ1n) is 6.81. The Hall–Kier alpha value is -1.74. The molecule has 1 aliphatic rings. The molecule has 3 heteroatoms. The molecule has 0 aliphatic carbocycles. The van der Waals surface area contributed by atoms with Crippen LogP contribution in [-0.2, 0) is 11.3 Å². The minimum absolute atomic E-state index is 0.177. The number of carbonyl (C=O) groups is 1. The lowest BCUT2D eigenvalue weighted by molar-refractivity contribution is -0.125. The van der Waals surface area contributed by atoms with Crippen molar-refractivity contribution in [2.45, 2.75) is 19.9 Å². The summed E-state index contributed by atoms with van der Waals surface area (Å²) >= 11 is 0. The van der Waals surface area contributed by atoms with E-state index >= 15 is 0 Å². The van der Waals surface area contributed by atoms with E-state index in [9.17, 15) is 4.79 Å². The first-order valence-corrected chi connectivity index (χ1v) is 6.81. The van der Waals surface area contributed by atoms with Crippen LogP contribution in [0.1, 0.15) is 18.9 Å². The number of likely N-dealkylation sites (tertiary alicyclic amines) is 1. The topological polar surface area (TPSA) is 33.2 Å². The highest BCUT2D eigenvalue weighted by molar-refractivity contribution is 5.81. The van der Waals surface area contributed by atoms with E-state index in [2.05, 4.69) is 34.1 Å². The van der Waals surface area contributed by atoms with Gasteiger partial charge in [0.2, 0.25) is 0 Å². The largest absolute Gasteiger partial charge is 0.299 e. The molecule has 0 amide bonds. The Kier molecular flexibility index (Phi) is 3.30. The molecule has 1 aromatic carbocycles. The molecule has 0 spiro atoms. The third-order valence-electron chi connectivity index (χ3n) is 3.83. The molecule has 2 aromatic rings. The zero-order valence-corrected chi connectivity index (χ0v) is 11.2. The van der Waals surface area contributed by atoms with Gasteiger partial charge in [-0.15, -0.1) is 0 Å². The van der Waals surface area contributed by atoms with Gasteiger partial charge in [-0.2, -0.15) is 0 Å². The van der Waals surface area contributed by atoms with Gasteiger partial charge >= 0.3 is 0 Å². The Morgan fingerprint density at radius 1 is 1.37 bits per heavy atom. The van der Waals surface area contributed by atoms with E-state index in [1.165, 1.54) is 10.9 Å². The van der Waals surface area contributed by atoms with E-state index < -0.39 is 0 Å². The molecule has 19 heavy (non-hydrogen) atoms. The Morgan fingerprint density at radius 2 is 2.26 bits per heavy atom. The Bertz CT molecular complexity index is 608. The minimum atomic E-state index is 0.177. The molecule has 1 atom stereocenters. The summed E-state index contributed by atoms with van der Waals surface area (Å²) in [5.41, 5.74) is 2.33. The predicted molar refractivity (Wildman–Crippen MR) is 75.8 cm³/mol. The Labute approximate surface area is 113 Å². The van der Waals surface area contributed by atoms with Gasteiger partial charge in [-0.25, -0.2) is 0 Å². The molecule has 3 nitrogen and oxygen atoms in total. The summed E-state index contributed by atoms with van der Waals surface area (Å²) in [7, 11) is 0. The number of pyridine rings is 1. The van der Waals surface area contributed by atoms with Gasteiger partial charge in [-0.3, -0.25) is 14.7 Å². The van der Waals surface area contributed by atoms with Gasteiger partial charge in [0.25, 0.3) is 0 Å². The summed E-state index contributed by atoms with van der Waals surface area (Å²) < 4.78 is 0. The molecule has 3 rings (SSSR count). The molecule has 1 aliphatic heterocycles. The molecule has 0 bridgehead atoms. The second kappa shape index (κ2) is 5.10. The maximum absolute atomic E-state index is 11.5. The fourth-order valence-electron chi connectivity index (χ4n) is 2.72. The van der Waals surface area contributed by atoms with Crippen LogP contribution in [0.3, 0.4) is 0 Å². The third kappa shape index (κ3) is 2.66. The molecule has 1 unspecified atom stereocenters. The van der Waals surface area contributed by atoms with Crippen LogP contribution in [0, 0.1) is 5.92 Å². The number of aromatic nitrogens is 1. The van der Waals surface area contributed by atoms with Gasteiger partial charge in [-0.05, 0) is 23.8 Å². The molecular weight excluding hydrogens is 236 g/mol. The molecule has 0 saturated carbocycles. The fraction of sp³-hybridized carbons (Fsp3) is 0.375. The number of Topliss-reactive ketones (excluding diaryl/α,β-unsaturated/α-hetero) is 1. The van der Waals surface area contributed by atoms with E-state index in [0.29, 0.717) is 12.2 Å². The average Bonchev–Trinajstić information content (AvgIpc) is 2.43. The molecule has 0 radical (unpaired) electrons.